The zero-order valence-electron chi connectivity index (χ0n) is 18.6. The molecule has 0 saturated carbocycles. The van der Waals surface area contributed by atoms with Crippen molar-refractivity contribution in [2.45, 2.75) is 0 Å². The molecular weight excluding hydrogens is 510 g/mol. The molecule has 2 heterocycles. The standard InChI is InChI=1S/C32H18BrNS/c33-26-18-25-29-23-13-7-6-8-19(23)14-15-27(29)34(22-11-2-1-3-12-22)31(25)32-30(26)24-16-20-9-4-5-10-21(20)17-28(24)35-32/h1-18H. The first kappa shape index (κ1) is 19.6. The summed E-state index contributed by atoms with van der Waals surface area (Å²) in [6.45, 7) is 0. The van der Waals surface area contributed by atoms with Gasteiger partial charge in [-0.05, 0) is 57.9 Å². The van der Waals surface area contributed by atoms with Crippen LogP contribution in [0.25, 0.3) is 69.2 Å². The van der Waals surface area contributed by atoms with Crippen LogP contribution < -0.4 is 0 Å². The highest BCUT2D eigenvalue weighted by atomic mass is 79.9. The predicted octanol–water partition coefficient (Wildman–Crippen LogP) is 10.2. The van der Waals surface area contributed by atoms with Gasteiger partial charge in [0, 0.05) is 36.4 Å². The molecule has 164 valence electrons. The van der Waals surface area contributed by atoms with Gasteiger partial charge in [0.25, 0.3) is 0 Å². The monoisotopic (exact) mass is 527 g/mol. The third-order valence-corrected chi connectivity index (χ3v) is 8.98. The molecule has 0 spiro atoms. The molecular formula is C32H18BrNS. The van der Waals surface area contributed by atoms with Gasteiger partial charge in [0.15, 0.2) is 0 Å². The highest BCUT2D eigenvalue weighted by molar-refractivity contribution is 9.10. The van der Waals surface area contributed by atoms with E-state index < -0.39 is 0 Å². The van der Waals surface area contributed by atoms with E-state index in [2.05, 4.69) is 130 Å². The van der Waals surface area contributed by atoms with Crippen LogP contribution in [0.1, 0.15) is 0 Å². The molecule has 0 aliphatic carbocycles. The number of aromatic nitrogens is 1. The molecule has 0 unspecified atom stereocenters. The van der Waals surface area contributed by atoms with E-state index in [0.29, 0.717) is 0 Å². The Kier molecular flexibility index (Phi) is 4.02. The molecule has 0 aliphatic rings. The Balaban J connectivity index is 1.67. The minimum Gasteiger partial charge on any atom is -0.308 e. The molecule has 1 nitrogen and oxygen atoms in total. The molecule has 2 aromatic heterocycles. The van der Waals surface area contributed by atoms with Gasteiger partial charge in [-0.2, -0.15) is 0 Å². The molecule has 35 heavy (non-hydrogen) atoms. The lowest BCUT2D eigenvalue weighted by molar-refractivity contribution is 1.19. The summed E-state index contributed by atoms with van der Waals surface area (Å²) in [5.41, 5.74) is 3.71. The van der Waals surface area contributed by atoms with Crippen molar-refractivity contribution in [2.24, 2.45) is 0 Å². The number of benzene rings is 6. The first-order valence-electron chi connectivity index (χ1n) is 11.7. The summed E-state index contributed by atoms with van der Waals surface area (Å²) in [6, 6.07) is 39.7. The highest BCUT2D eigenvalue weighted by Gasteiger charge is 2.21. The molecule has 0 radical (unpaired) electrons. The largest absolute Gasteiger partial charge is 0.308 e. The Hall–Kier alpha value is -3.66. The molecule has 3 heteroatoms. The number of hydrogen-bond acceptors (Lipinski definition) is 1. The number of thiophene rings is 1. The summed E-state index contributed by atoms with van der Waals surface area (Å²) in [5, 5.41) is 10.3. The van der Waals surface area contributed by atoms with E-state index >= 15 is 0 Å². The number of fused-ring (bicyclic) bond motifs is 10. The van der Waals surface area contributed by atoms with Gasteiger partial charge in [0.1, 0.15) is 0 Å². The summed E-state index contributed by atoms with van der Waals surface area (Å²) < 4.78 is 6.26. The van der Waals surface area contributed by atoms with Crippen molar-refractivity contribution in [3.63, 3.8) is 0 Å². The Morgan fingerprint density at radius 2 is 1.29 bits per heavy atom. The number of para-hydroxylation sites is 1. The molecule has 0 atom stereocenters. The van der Waals surface area contributed by atoms with Crippen LogP contribution in [0.3, 0.4) is 0 Å². The Morgan fingerprint density at radius 3 is 2.11 bits per heavy atom. The van der Waals surface area contributed by atoms with Gasteiger partial charge in [-0.1, -0.05) is 88.7 Å². The summed E-state index contributed by atoms with van der Waals surface area (Å²) in [5.74, 6) is 0. The van der Waals surface area contributed by atoms with Gasteiger partial charge in [-0.25, -0.2) is 0 Å². The maximum absolute atomic E-state index is 4.00. The van der Waals surface area contributed by atoms with Crippen LogP contribution in [0.4, 0.5) is 0 Å². The summed E-state index contributed by atoms with van der Waals surface area (Å²) in [4.78, 5) is 0. The van der Waals surface area contributed by atoms with Gasteiger partial charge >= 0.3 is 0 Å². The lowest BCUT2D eigenvalue weighted by Crippen LogP contribution is -1.93. The number of nitrogens with zero attached hydrogens (tertiary/aromatic N) is 1. The van der Waals surface area contributed by atoms with Crippen molar-refractivity contribution in [2.75, 3.05) is 0 Å². The molecule has 0 bridgehead atoms. The Morgan fingerprint density at radius 1 is 0.571 bits per heavy atom. The van der Waals surface area contributed by atoms with Crippen LogP contribution in [0.5, 0.6) is 0 Å². The van der Waals surface area contributed by atoms with Crippen LogP contribution in [-0.2, 0) is 0 Å². The van der Waals surface area contributed by atoms with Crippen molar-refractivity contribution >= 4 is 90.8 Å². The van der Waals surface area contributed by atoms with Crippen LogP contribution >= 0.6 is 27.3 Å². The van der Waals surface area contributed by atoms with E-state index in [1.165, 1.54) is 69.2 Å². The van der Waals surface area contributed by atoms with E-state index in [-0.39, 0.29) is 0 Å². The molecule has 8 aromatic rings. The van der Waals surface area contributed by atoms with E-state index in [0.717, 1.165) is 4.47 Å². The minimum atomic E-state index is 1.15. The number of rotatable bonds is 1. The van der Waals surface area contributed by atoms with Crippen LogP contribution in [0.2, 0.25) is 0 Å². The summed E-state index contributed by atoms with van der Waals surface area (Å²) in [7, 11) is 0. The van der Waals surface area contributed by atoms with Crippen molar-refractivity contribution < 1.29 is 0 Å². The van der Waals surface area contributed by atoms with Crippen molar-refractivity contribution in [1.29, 1.82) is 0 Å². The molecule has 0 amide bonds. The van der Waals surface area contributed by atoms with Crippen LogP contribution in [-0.4, -0.2) is 4.57 Å². The second kappa shape index (κ2) is 7.17. The lowest BCUT2D eigenvalue weighted by Gasteiger charge is -2.09. The fourth-order valence-corrected chi connectivity index (χ4v) is 7.75. The topological polar surface area (TPSA) is 4.93 Å². The second-order valence-corrected chi connectivity index (χ2v) is 11.0. The molecule has 8 rings (SSSR count). The fourth-order valence-electron chi connectivity index (χ4n) is 5.68. The fraction of sp³-hybridized carbons (Fsp3) is 0. The smallest absolute Gasteiger partial charge is 0.0720 e. The van der Waals surface area contributed by atoms with Gasteiger partial charge in [0.2, 0.25) is 0 Å². The minimum absolute atomic E-state index is 1.15. The van der Waals surface area contributed by atoms with Crippen molar-refractivity contribution in [3.05, 3.63) is 114 Å². The zero-order chi connectivity index (χ0) is 23.1. The molecule has 0 saturated heterocycles. The maximum atomic E-state index is 4.00. The van der Waals surface area contributed by atoms with Crippen molar-refractivity contribution in [1.82, 2.24) is 4.57 Å². The maximum Gasteiger partial charge on any atom is 0.0720 e. The summed E-state index contributed by atoms with van der Waals surface area (Å²) in [6.07, 6.45) is 0. The molecule has 0 fully saturated rings. The summed E-state index contributed by atoms with van der Waals surface area (Å²) >= 11 is 5.89. The Labute approximate surface area is 214 Å². The van der Waals surface area contributed by atoms with E-state index in [1.54, 1.807) is 0 Å². The predicted molar refractivity (Wildman–Crippen MR) is 156 cm³/mol. The van der Waals surface area contributed by atoms with Gasteiger partial charge in [0.05, 0.1) is 15.7 Å². The normalized spacial score (nSPS) is 12.1. The first-order chi connectivity index (χ1) is 17.3. The van der Waals surface area contributed by atoms with E-state index in [4.69, 9.17) is 0 Å². The zero-order valence-corrected chi connectivity index (χ0v) is 21.0. The van der Waals surface area contributed by atoms with E-state index in [1.807, 2.05) is 11.3 Å². The number of hydrogen-bond donors (Lipinski definition) is 0. The van der Waals surface area contributed by atoms with E-state index in [9.17, 15) is 0 Å². The SMILES string of the molecule is Brc1cc2c3c4ccccc4ccc3n(-c3ccccc3)c2c2sc3cc4ccccc4cc3c12. The third kappa shape index (κ3) is 2.68. The molecule has 0 N–H and O–H groups in total. The first-order valence-corrected chi connectivity index (χ1v) is 13.3. The second-order valence-electron chi connectivity index (χ2n) is 9.11. The van der Waals surface area contributed by atoms with Gasteiger partial charge in [-0.3, -0.25) is 0 Å². The van der Waals surface area contributed by atoms with Gasteiger partial charge in [-0.15, -0.1) is 11.3 Å². The molecule has 0 aliphatic heterocycles. The number of halogens is 1. The van der Waals surface area contributed by atoms with Crippen molar-refractivity contribution in [3.8, 4) is 5.69 Å². The van der Waals surface area contributed by atoms with Crippen LogP contribution in [0, 0.1) is 0 Å². The van der Waals surface area contributed by atoms with Gasteiger partial charge < -0.3 is 4.57 Å². The quantitative estimate of drug-likeness (QED) is 0.200. The average molecular weight is 528 g/mol. The highest BCUT2D eigenvalue weighted by Crippen LogP contribution is 2.48. The third-order valence-electron chi connectivity index (χ3n) is 7.19. The molecule has 6 aromatic carbocycles. The van der Waals surface area contributed by atoms with Crippen LogP contribution in [0.15, 0.2) is 114 Å². The Bertz CT molecular complexity index is 2120. The lowest BCUT2D eigenvalue weighted by atomic mass is 10.0. The average Bonchev–Trinajstić information content (AvgIpc) is 3.44.